The number of amides is 1. The molecule has 1 heterocycles. The number of carbonyl (C=O) groups is 1. The summed E-state index contributed by atoms with van der Waals surface area (Å²) < 4.78 is 28.7. The number of nitrogens with zero attached hydrogens (tertiary/aromatic N) is 2. The molecule has 6 nitrogen and oxygen atoms in total. The molecule has 0 spiro atoms. The van der Waals surface area contributed by atoms with E-state index in [0.717, 1.165) is 29.5 Å². The Bertz CT molecular complexity index is 1140. The van der Waals surface area contributed by atoms with E-state index in [2.05, 4.69) is 10.3 Å². The molecule has 0 saturated heterocycles. The molecule has 144 valence electrons. The lowest BCUT2D eigenvalue weighted by molar-refractivity contribution is 0.187. The molecule has 28 heavy (non-hydrogen) atoms. The van der Waals surface area contributed by atoms with Gasteiger partial charge < -0.3 is 10.4 Å². The third-order valence-corrected chi connectivity index (χ3v) is 4.94. The van der Waals surface area contributed by atoms with Gasteiger partial charge in [-0.2, -0.15) is 0 Å². The Hall–Kier alpha value is -3.00. The minimum Gasteiger partial charge on any atom is -0.465 e. The fourth-order valence-electron chi connectivity index (χ4n) is 3.29. The predicted octanol–water partition coefficient (Wildman–Crippen LogP) is 4.04. The minimum absolute atomic E-state index is 0.0645. The number of benzene rings is 2. The van der Waals surface area contributed by atoms with E-state index in [1.807, 2.05) is 0 Å². The van der Waals surface area contributed by atoms with E-state index < -0.39 is 29.3 Å². The van der Waals surface area contributed by atoms with Gasteiger partial charge in [0.05, 0.1) is 27.7 Å². The van der Waals surface area contributed by atoms with Crippen molar-refractivity contribution >= 4 is 28.6 Å². The maximum atomic E-state index is 13.8. The number of hydrogen-bond acceptors (Lipinski definition) is 3. The standard InChI is InChI=1S/C19H14ClF2N3O3/c20-13-2-1-3-14-15(13)18(26)25(12-7-10(21)6-11(22)8-12)17(23-14)16(9-4-5-9)24-19(27)28/h1-3,6-9,16,24H,4-5H2,(H,27,28). The smallest absolute Gasteiger partial charge is 0.405 e. The first kappa shape index (κ1) is 18.4. The lowest BCUT2D eigenvalue weighted by Crippen LogP contribution is -2.35. The van der Waals surface area contributed by atoms with Crippen LogP contribution in [-0.2, 0) is 0 Å². The average molecular weight is 406 g/mol. The molecule has 2 aromatic carbocycles. The van der Waals surface area contributed by atoms with Crippen LogP contribution in [0.4, 0.5) is 13.6 Å². The molecule has 1 aromatic heterocycles. The molecule has 1 aliphatic rings. The van der Waals surface area contributed by atoms with Gasteiger partial charge in [-0.15, -0.1) is 0 Å². The zero-order valence-corrected chi connectivity index (χ0v) is 15.1. The van der Waals surface area contributed by atoms with Gasteiger partial charge in [0.2, 0.25) is 0 Å². The Morgan fingerprint density at radius 1 is 1.25 bits per heavy atom. The van der Waals surface area contributed by atoms with Crippen LogP contribution in [0.5, 0.6) is 0 Å². The normalized spacial score (nSPS) is 14.8. The van der Waals surface area contributed by atoms with Crippen molar-refractivity contribution in [3.8, 4) is 5.69 Å². The third-order valence-electron chi connectivity index (χ3n) is 4.63. The second-order valence-corrected chi connectivity index (χ2v) is 7.04. The minimum atomic E-state index is -1.28. The molecule has 1 unspecified atom stereocenters. The summed E-state index contributed by atoms with van der Waals surface area (Å²) in [6.07, 6.45) is 0.201. The van der Waals surface area contributed by atoms with E-state index >= 15 is 0 Å². The van der Waals surface area contributed by atoms with Gasteiger partial charge in [0, 0.05) is 6.07 Å². The van der Waals surface area contributed by atoms with Crippen LogP contribution in [0.25, 0.3) is 16.6 Å². The average Bonchev–Trinajstić information content (AvgIpc) is 3.43. The summed E-state index contributed by atoms with van der Waals surface area (Å²) in [5.74, 6) is -1.75. The lowest BCUT2D eigenvalue weighted by atomic mass is 10.1. The van der Waals surface area contributed by atoms with E-state index in [0.29, 0.717) is 6.07 Å². The number of aromatic nitrogens is 2. The molecule has 2 N–H and O–H groups in total. The van der Waals surface area contributed by atoms with Gasteiger partial charge in [0.1, 0.15) is 17.5 Å². The fourth-order valence-corrected chi connectivity index (χ4v) is 3.54. The highest BCUT2D eigenvalue weighted by Crippen LogP contribution is 2.41. The Morgan fingerprint density at radius 2 is 1.93 bits per heavy atom. The summed E-state index contributed by atoms with van der Waals surface area (Å²) in [5.41, 5.74) is -0.448. The molecule has 1 aliphatic carbocycles. The van der Waals surface area contributed by atoms with Gasteiger partial charge in [0.25, 0.3) is 5.56 Å². The number of nitrogens with one attached hydrogen (secondary N) is 1. The van der Waals surface area contributed by atoms with E-state index in [9.17, 15) is 23.5 Å². The van der Waals surface area contributed by atoms with Crippen molar-refractivity contribution in [3.05, 3.63) is 69.2 Å². The van der Waals surface area contributed by atoms with Crippen LogP contribution in [0.3, 0.4) is 0 Å². The first-order valence-electron chi connectivity index (χ1n) is 8.52. The van der Waals surface area contributed by atoms with Crippen molar-refractivity contribution in [1.82, 2.24) is 14.9 Å². The second kappa shape index (κ2) is 6.87. The predicted molar refractivity (Wildman–Crippen MR) is 98.9 cm³/mol. The number of carboxylic acid groups (broad SMARTS) is 1. The summed E-state index contributed by atoms with van der Waals surface area (Å²) >= 11 is 6.16. The number of fused-ring (bicyclic) bond motifs is 1. The number of hydrogen-bond donors (Lipinski definition) is 2. The van der Waals surface area contributed by atoms with Gasteiger partial charge in [-0.3, -0.25) is 9.36 Å². The molecular formula is C19H14ClF2N3O3. The maximum Gasteiger partial charge on any atom is 0.405 e. The molecular weight excluding hydrogens is 392 g/mol. The Morgan fingerprint density at radius 3 is 2.54 bits per heavy atom. The molecule has 4 rings (SSSR count). The summed E-state index contributed by atoms with van der Waals surface area (Å²) in [4.78, 5) is 29.0. The van der Waals surface area contributed by atoms with Crippen molar-refractivity contribution in [1.29, 1.82) is 0 Å². The van der Waals surface area contributed by atoms with Crippen LogP contribution in [-0.4, -0.2) is 20.8 Å². The molecule has 1 atom stereocenters. The Kier molecular flexibility index (Phi) is 4.50. The Labute approximate surface area is 162 Å². The summed E-state index contributed by atoms with van der Waals surface area (Å²) in [7, 11) is 0. The molecule has 0 aliphatic heterocycles. The third kappa shape index (κ3) is 3.31. The maximum absolute atomic E-state index is 13.8. The zero-order valence-electron chi connectivity index (χ0n) is 14.3. The van der Waals surface area contributed by atoms with Crippen molar-refractivity contribution < 1.29 is 18.7 Å². The first-order chi connectivity index (χ1) is 13.3. The first-order valence-corrected chi connectivity index (χ1v) is 8.90. The summed E-state index contributed by atoms with van der Waals surface area (Å²) in [6.45, 7) is 0. The van der Waals surface area contributed by atoms with Crippen LogP contribution in [0.2, 0.25) is 5.02 Å². The molecule has 0 radical (unpaired) electrons. The zero-order chi connectivity index (χ0) is 20.0. The van der Waals surface area contributed by atoms with Crippen LogP contribution < -0.4 is 10.9 Å². The van der Waals surface area contributed by atoms with Crippen molar-refractivity contribution in [2.75, 3.05) is 0 Å². The van der Waals surface area contributed by atoms with Crippen molar-refractivity contribution in [2.24, 2.45) is 5.92 Å². The highest BCUT2D eigenvalue weighted by atomic mass is 35.5. The monoisotopic (exact) mass is 405 g/mol. The molecule has 1 fully saturated rings. The fraction of sp³-hybridized carbons (Fsp3) is 0.211. The molecule has 9 heteroatoms. The topological polar surface area (TPSA) is 84.2 Å². The number of halogens is 3. The van der Waals surface area contributed by atoms with Gasteiger partial charge in [-0.1, -0.05) is 17.7 Å². The largest absolute Gasteiger partial charge is 0.465 e. The highest BCUT2D eigenvalue weighted by molar-refractivity contribution is 6.35. The van der Waals surface area contributed by atoms with E-state index in [-0.39, 0.29) is 33.4 Å². The van der Waals surface area contributed by atoms with Gasteiger partial charge in [-0.05, 0) is 43.0 Å². The molecule has 1 saturated carbocycles. The highest BCUT2D eigenvalue weighted by Gasteiger charge is 2.37. The van der Waals surface area contributed by atoms with E-state index in [1.165, 1.54) is 6.07 Å². The van der Waals surface area contributed by atoms with Crippen LogP contribution in [0.15, 0.2) is 41.2 Å². The SMILES string of the molecule is O=C(O)NC(c1nc2cccc(Cl)c2c(=O)n1-c1cc(F)cc(F)c1)C1CC1. The van der Waals surface area contributed by atoms with E-state index in [1.54, 1.807) is 12.1 Å². The number of rotatable bonds is 4. The lowest BCUT2D eigenvalue weighted by Gasteiger charge is -2.21. The van der Waals surface area contributed by atoms with E-state index in [4.69, 9.17) is 11.6 Å². The summed E-state index contributed by atoms with van der Waals surface area (Å²) in [5, 5.41) is 11.8. The van der Waals surface area contributed by atoms with Crippen LogP contribution in [0, 0.1) is 17.6 Å². The molecule has 0 bridgehead atoms. The Balaban J connectivity index is 2.07. The van der Waals surface area contributed by atoms with Crippen LogP contribution >= 0.6 is 11.6 Å². The van der Waals surface area contributed by atoms with Gasteiger partial charge >= 0.3 is 6.09 Å². The van der Waals surface area contributed by atoms with Crippen LogP contribution in [0.1, 0.15) is 24.7 Å². The second-order valence-electron chi connectivity index (χ2n) is 6.64. The quantitative estimate of drug-likeness (QED) is 0.686. The van der Waals surface area contributed by atoms with Crippen molar-refractivity contribution in [3.63, 3.8) is 0 Å². The van der Waals surface area contributed by atoms with Gasteiger partial charge in [0.15, 0.2) is 0 Å². The van der Waals surface area contributed by atoms with Crippen molar-refractivity contribution in [2.45, 2.75) is 18.9 Å². The van der Waals surface area contributed by atoms with Gasteiger partial charge in [-0.25, -0.2) is 18.6 Å². The molecule has 1 amide bonds. The molecule has 3 aromatic rings. The summed E-state index contributed by atoms with van der Waals surface area (Å²) in [6, 6.07) is 6.56.